The summed E-state index contributed by atoms with van der Waals surface area (Å²) in [6, 6.07) is 20.4. The van der Waals surface area contributed by atoms with Crippen molar-refractivity contribution in [3.63, 3.8) is 0 Å². The molecule has 1 amide bonds. The number of nitrogens with zero attached hydrogens (tertiary/aromatic N) is 2. The zero-order valence-electron chi connectivity index (χ0n) is 23.1. The molecule has 1 aliphatic heterocycles. The second kappa shape index (κ2) is 15.4. The quantitative estimate of drug-likeness (QED) is 0.189. The summed E-state index contributed by atoms with van der Waals surface area (Å²) in [5, 5.41) is 24.9. The maximum atomic E-state index is 13.3. The minimum Gasteiger partial charge on any atom is -0.507 e. The lowest BCUT2D eigenvalue weighted by molar-refractivity contribution is -0.137. The first-order valence-electron chi connectivity index (χ1n) is 13.7. The van der Waals surface area contributed by atoms with Crippen molar-refractivity contribution >= 4 is 29.2 Å². The number of hydrogen-bond acceptors (Lipinski definition) is 7. The van der Waals surface area contributed by atoms with E-state index in [0.717, 1.165) is 23.6 Å². The van der Waals surface area contributed by atoms with Crippen LogP contribution in [-0.4, -0.2) is 45.9 Å². The molecule has 9 heteroatoms. The standard InChI is InChI=1S/C33H33ClN2O6/c34-32-27-19-26(17-11-3-1-2-4-12-18-41-33(40)31(27)28(37)20-29(32)38)35-42-23-30(39)36(21-24-13-7-5-8-14-24)22-25-15-9-6-10-16-25/h2,4-11,13-17,20,37-38H,1,3,12,18-19,21-23H2. The molecule has 42 heavy (non-hydrogen) atoms. The summed E-state index contributed by atoms with van der Waals surface area (Å²) >= 11 is 6.38. The van der Waals surface area contributed by atoms with Crippen LogP contribution in [0.15, 0.2) is 96.2 Å². The Balaban J connectivity index is 1.57. The minimum absolute atomic E-state index is 0.0660. The van der Waals surface area contributed by atoms with Gasteiger partial charge in [-0.2, -0.15) is 0 Å². The first kappa shape index (κ1) is 30.4. The van der Waals surface area contributed by atoms with E-state index >= 15 is 0 Å². The van der Waals surface area contributed by atoms with Gasteiger partial charge in [0, 0.05) is 25.6 Å². The van der Waals surface area contributed by atoms with Gasteiger partial charge in [0.2, 0.25) is 0 Å². The monoisotopic (exact) mass is 588 g/mol. The van der Waals surface area contributed by atoms with Crippen molar-refractivity contribution in [2.75, 3.05) is 13.2 Å². The van der Waals surface area contributed by atoms with Crippen molar-refractivity contribution in [3.05, 3.63) is 118 Å². The first-order valence-corrected chi connectivity index (χ1v) is 14.1. The molecule has 0 radical (unpaired) electrons. The number of rotatable bonds is 7. The lowest BCUT2D eigenvalue weighted by Crippen LogP contribution is -2.32. The molecular formula is C33H33ClN2O6. The van der Waals surface area contributed by atoms with Gasteiger partial charge in [-0.3, -0.25) is 4.79 Å². The summed E-state index contributed by atoms with van der Waals surface area (Å²) in [5.41, 5.74) is 2.28. The van der Waals surface area contributed by atoms with E-state index in [1.165, 1.54) is 0 Å². The molecule has 8 nitrogen and oxygen atoms in total. The van der Waals surface area contributed by atoms with Crippen LogP contribution in [0.2, 0.25) is 5.02 Å². The molecule has 0 atom stereocenters. The fraction of sp³-hybridized carbons (Fsp3) is 0.242. The fourth-order valence-corrected chi connectivity index (χ4v) is 4.64. The Morgan fingerprint density at radius 3 is 2.19 bits per heavy atom. The molecule has 0 fully saturated rings. The number of phenols is 2. The van der Waals surface area contributed by atoms with Crippen LogP contribution in [-0.2, 0) is 33.9 Å². The molecule has 218 valence electrons. The van der Waals surface area contributed by atoms with Gasteiger partial charge in [-0.1, -0.05) is 95.6 Å². The van der Waals surface area contributed by atoms with E-state index in [9.17, 15) is 19.8 Å². The van der Waals surface area contributed by atoms with Crippen LogP contribution in [0.3, 0.4) is 0 Å². The normalized spacial score (nSPS) is 15.0. The average molecular weight is 589 g/mol. The Morgan fingerprint density at radius 1 is 0.905 bits per heavy atom. The van der Waals surface area contributed by atoms with Gasteiger partial charge in [0.15, 0.2) is 6.61 Å². The number of oxime groups is 1. The third kappa shape index (κ3) is 8.72. The highest BCUT2D eigenvalue weighted by Gasteiger charge is 2.24. The lowest BCUT2D eigenvalue weighted by atomic mass is 9.99. The van der Waals surface area contributed by atoms with Gasteiger partial charge in [-0.05, 0) is 42.0 Å². The van der Waals surface area contributed by atoms with E-state index in [4.69, 9.17) is 21.2 Å². The number of halogens is 1. The number of allylic oxidation sites excluding steroid dienone is 3. The molecule has 0 unspecified atom stereocenters. The van der Waals surface area contributed by atoms with Crippen LogP contribution in [0.25, 0.3) is 0 Å². The fourth-order valence-electron chi connectivity index (χ4n) is 4.42. The number of fused-ring (bicyclic) bond motifs is 1. The van der Waals surface area contributed by atoms with Crippen LogP contribution < -0.4 is 0 Å². The Morgan fingerprint density at radius 2 is 1.52 bits per heavy atom. The second-order valence-corrected chi connectivity index (χ2v) is 10.1. The number of carbonyl (C=O) groups excluding carboxylic acids is 2. The van der Waals surface area contributed by atoms with Crippen molar-refractivity contribution in [1.82, 2.24) is 4.90 Å². The first-order chi connectivity index (χ1) is 20.4. The maximum absolute atomic E-state index is 13.3. The number of aromatic hydroxyl groups is 2. The van der Waals surface area contributed by atoms with Gasteiger partial charge < -0.3 is 24.7 Å². The predicted molar refractivity (Wildman–Crippen MR) is 161 cm³/mol. The van der Waals surface area contributed by atoms with E-state index < -0.39 is 11.7 Å². The molecule has 4 rings (SSSR count). The zero-order valence-corrected chi connectivity index (χ0v) is 23.9. The largest absolute Gasteiger partial charge is 0.507 e. The zero-order chi connectivity index (χ0) is 29.7. The van der Waals surface area contributed by atoms with E-state index in [0.29, 0.717) is 31.6 Å². The van der Waals surface area contributed by atoms with Crippen molar-refractivity contribution in [1.29, 1.82) is 0 Å². The number of esters is 1. The summed E-state index contributed by atoms with van der Waals surface area (Å²) in [6.45, 7) is 0.585. The maximum Gasteiger partial charge on any atom is 0.342 e. The van der Waals surface area contributed by atoms with Crippen molar-refractivity contribution in [3.8, 4) is 11.5 Å². The summed E-state index contributed by atoms with van der Waals surface area (Å²) in [4.78, 5) is 33.4. The van der Waals surface area contributed by atoms with Crippen LogP contribution in [0.4, 0.5) is 0 Å². The average Bonchev–Trinajstić information content (AvgIpc) is 2.99. The number of hydrogen-bond donors (Lipinski definition) is 2. The third-order valence-corrected chi connectivity index (χ3v) is 6.95. The molecule has 0 aromatic heterocycles. The molecule has 0 saturated heterocycles. The van der Waals surface area contributed by atoms with Crippen LogP contribution >= 0.6 is 11.6 Å². The number of benzene rings is 3. The molecule has 0 aliphatic carbocycles. The molecule has 0 bridgehead atoms. The minimum atomic E-state index is -0.772. The van der Waals surface area contributed by atoms with E-state index in [-0.39, 0.29) is 47.4 Å². The molecule has 1 aliphatic rings. The number of ether oxygens (including phenoxy) is 1. The van der Waals surface area contributed by atoms with Crippen LogP contribution in [0.5, 0.6) is 11.5 Å². The van der Waals surface area contributed by atoms with Gasteiger partial charge >= 0.3 is 5.97 Å². The predicted octanol–water partition coefficient (Wildman–Crippen LogP) is 6.35. The highest BCUT2D eigenvalue weighted by Crippen LogP contribution is 2.37. The van der Waals surface area contributed by atoms with Crippen molar-refractivity contribution in [2.24, 2.45) is 5.16 Å². The molecule has 2 N–H and O–H groups in total. The highest BCUT2D eigenvalue weighted by atomic mass is 35.5. The third-order valence-electron chi connectivity index (χ3n) is 6.53. The van der Waals surface area contributed by atoms with E-state index in [1.807, 2.05) is 78.9 Å². The van der Waals surface area contributed by atoms with E-state index in [2.05, 4.69) is 5.16 Å². The number of phenolic OH excluding ortho intramolecular Hbond substituents is 2. The summed E-state index contributed by atoms with van der Waals surface area (Å²) in [7, 11) is 0. The Hall–Kier alpha value is -4.56. The second-order valence-electron chi connectivity index (χ2n) is 9.71. The Labute approximate surface area is 250 Å². The number of amides is 1. The number of carbonyl (C=O) groups is 2. The van der Waals surface area contributed by atoms with Gasteiger partial charge in [0.25, 0.3) is 5.91 Å². The molecule has 3 aromatic carbocycles. The van der Waals surface area contributed by atoms with Crippen LogP contribution in [0, 0.1) is 0 Å². The molecular weight excluding hydrogens is 556 g/mol. The van der Waals surface area contributed by atoms with E-state index in [1.54, 1.807) is 11.0 Å². The highest BCUT2D eigenvalue weighted by molar-refractivity contribution is 6.33. The van der Waals surface area contributed by atoms with Gasteiger partial charge in [-0.15, -0.1) is 0 Å². The summed E-state index contributed by atoms with van der Waals surface area (Å²) < 4.78 is 5.33. The molecule has 3 aromatic rings. The Kier molecular flexibility index (Phi) is 11.2. The SMILES string of the molecule is O=C1OCCC=CCCC=CC(=NOCC(=O)N(Cc2ccccc2)Cc2ccccc2)Cc2c(Cl)c(O)cc(O)c21. The lowest BCUT2D eigenvalue weighted by Gasteiger charge is -2.22. The van der Waals surface area contributed by atoms with Crippen molar-refractivity contribution < 1.29 is 29.4 Å². The molecule has 1 heterocycles. The van der Waals surface area contributed by atoms with Gasteiger partial charge in [0.05, 0.1) is 17.3 Å². The summed E-state index contributed by atoms with van der Waals surface area (Å²) in [5.74, 6) is -1.88. The molecule has 0 spiro atoms. The Bertz CT molecular complexity index is 1410. The topological polar surface area (TPSA) is 109 Å². The summed E-state index contributed by atoms with van der Waals surface area (Å²) in [6.07, 6.45) is 9.45. The van der Waals surface area contributed by atoms with Crippen LogP contribution in [0.1, 0.15) is 46.3 Å². The van der Waals surface area contributed by atoms with Crippen molar-refractivity contribution in [2.45, 2.75) is 38.8 Å². The smallest absolute Gasteiger partial charge is 0.342 e. The number of cyclic esters (lactones) is 1. The molecule has 0 saturated carbocycles. The van der Waals surface area contributed by atoms with Gasteiger partial charge in [0.1, 0.15) is 17.1 Å². The van der Waals surface area contributed by atoms with Gasteiger partial charge in [-0.25, -0.2) is 4.79 Å².